The average molecular weight is 343 g/mol. The SMILES string of the molecule is CN(C)C1(C(N)c2cccc(Br)c2F)CCCCCC1. The van der Waals surface area contributed by atoms with Crippen LogP contribution in [0.5, 0.6) is 0 Å². The number of likely N-dealkylation sites (N-methyl/N-ethyl adjacent to an activating group) is 1. The molecule has 1 aromatic rings. The lowest BCUT2D eigenvalue weighted by Crippen LogP contribution is -2.52. The van der Waals surface area contributed by atoms with Crippen molar-refractivity contribution in [2.24, 2.45) is 5.73 Å². The van der Waals surface area contributed by atoms with Gasteiger partial charge in [-0.15, -0.1) is 0 Å². The molecule has 0 aromatic heterocycles. The van der Waals surface area contributed by atoms with Crippen LogP contribution in [-0.2, 0) is 0 Å². The molecule has 1 fully saturated rings. The van der Waals surface area contributed by atoms with Gasteiger partial charge in [0.1, 0.15) is 5.82 Å². The molecule has 1 aliphatic rings. The van der Waals surface area contributed by atoms with Crippen molar-refractivity contribution in [3.63, 3.8) is 0 Å². The largest absolute Gasteiger partial charge is 0.322 e. The van der Waals surface area contributed by atoms with Gasteiger partial charge in [0.2, 0.25) is 0 Å². The van der Waals surface area contributed by atoms with Crippen LogP contribution in [0, 0.1) is 5.82 Å². The molecule has 1 unspecified atom stereocenters. The molecule has 1 atom stereocenters. The first-order valence-electron chi connectivity index (χ1n) is 7.36. The Balaban J connectivity index is 2.40. The number of hydrogen-bond acceptors (Lipinski definition) is 2. The lowest BCUT2D eigenvalue weighted by molar-refractivity contribution is 0.0953. The fourth-order valence-electron chi connectivity index (χ4n) is 3.43. The van der Waals surface area contributed by atoms with Crippen LogP contribution in [-0.4, -0.2) is 24.5 Å². The van der Waals surface area contributed by atoms with Crippen LogP contribution in [0.25, 0.3) is 0 Å². The molecule has 1 aliphatic carbocycles. The van der Waals surface area contributed by atoms with E-state index in [0.29, 0.717) is 10.0 Å². The molecule has 112 valence electrons. The zero-order valence-corrected chi connectivity index (χ0v) is 13.9. The maximum Gasteiger partial charge on any atom is 0.142 e. The highest BCUT2D eigenvalue weighted by molar-refractivity contribution is 9.10. The molecule has 0 amide bonds. The smallest absolute Gasteiger partial charge is 0.142 e. The van der Waals surface area contributed by atoms with E-state index < -0.39 is 0 Å². The first kappa shape index (κ1) is 15.9. The normalized spacial score (nSPS) is 20.7. The predicted octanol–water partition coefficient (Wildman–Crippen LogP) is 4.24. The lowest BCUT2D eigenvalue weighted by Gasteiger charge is -2.44. The van der Waals surface area contributed by atoms with Crippen molar-refractivity contribution >= 4 is 15.9 Å². The highest BCUT2D eigenvalue weighted by Crippen LogP contribution is 2.41. The van der Waals surface area contributed by atoms with Crippen LogP contribution in [0.15, 0.2) is 22.7 Å². The number of benzene rings is 1. The molecule has 0 heterocycles. The molecule has 0 radical (unpaired) electrons. The van der Waals surface area contributed by atoms with E-state index in [4.69, 9.17) is 5.73 Å². The Bertz CT molecular complexity index is 454. The number of halogens is 2. The third-order valence-corrected chi connectivity index (χ3v) is 5.37. The number of rotatable bonds is 3. The van der Waals surface area contributed by atoms with E-state index in [9.17, 15) is 4.39 Å². The Morgan fingerprint density at radius 3 is 2.35 bits per heavy atom. The summed E-state index contributed by atoms with van der Waals surface area (Å²) in [5, 5.41) is 0. The topological polar surface area (TPSA) is 29.3 Å². The Kier molecular flexibility index (Phi) is 5.21. The number of nitrogens with zero attached hydrogens (tertiary/aromatic N) is 1. The van der Waals surface area contributed by atoms with Gasteiger partial charge in [-0.1, -0.05) is 37.8 Å². The van der Waals surface area contributed by atoms with Gasteiger partial charge in [-0.25, -0.2) is 4.39 Å². The highest BCUT2D eigenvalue weighted by atomic mass is 79.9. The third-order valence-electron chi connectivity index (χ3n) is 4.76. The van der Waals surface area contributed by atoms with Crippen molar-refractivity contribution in [2.45, 2.75) is 50.1 Å². The fraction of sp³-hybridized carbons (Fsp3) is 0.625. The second-order valence-corrected chi connectivity index (χ2v) is 6.89. The quantitative estimate of drug-likeness (QED) is 0.832. The summed E-state index contributed by atoms with van der Waals surface area (Å²) in [5.74, 6) is -0.217. The molecule has 1 saturated carbocycles. The first-order chi connectivity index (χ1) is 9.49. The minimum absolute atomic E-state index is 0.141. The molecular formula is C16H24BrFN2. The Labute approximate surface area is 129 Å². The van der Waals surface area contributed by atoms with Crippen LogP contribution in [0.1, 0.15) is 50.1 Å². The van der Waals surface area contributed by atoms with Crippen LogP contribution in [0.2, 0.25) is 0 Å². The summed E-state index contributed by atoms with van der Waals surface area (Å²) in [5.41, 5.74) is 7.02. The molecule has 20 heavy (non-hydrogen) atoms. The van der Waals surface area contributed by atoms with Gasteiger partial charge in [-0.05, 0) is 48.9 Å². The molecule has 0 spiro atoms. The summed E-state index contributed by atoms with van der Waals surface area (Å²) in [4.78, 5) is 2.21. The van der Waals surface area contributed by atoms with Gasteiger partial charge < -0.3 is 10.6 Å². The molecule has 2 nitrogen and oxygen atoms in total. The summed E-state index contributed by atoms with van der Waals surface area (Å²) >= 11 is 3.26. The van der Waals surface area contributed by atoms with Crippen molar-refractivity contribution in [3.8, 4) is 0 Å². The van der Waals surface area contributed by atoms with Crippen molar-refractivity contribution in [2.75, 3.05) is 14.1 Å². The van der Waals surface area contributed by atoms with Gasteiger partial charge in [0.05, 0.1) is 10.5 Å². The molecule has 0 aliphatic heterocycles. The summed E-state index contributed by atoms with van der Waals surface area (Å²) in [6, 6.07) is 5.11. The Morgan fingerprint density at radius 1 is 1.20 bits per heavy atom. The zero-order valence-electron chi connectivity index (χ0n) is 12.3. The summed E-state index contributed by atoms with van der Waals surface area (Å²) < 4.78 is 14.9. The molecule has 4 heteroatoms. The van der Waals surface area contributed by atoms with Gasteiger partial charge >= 0.3 is 0 Å². The van der Waals surface area contributed by atoms with Gasteiger partial charge in [0, 0.05) is 11.1 Å². The van der Waals surface area contributed by atoms with Gasteiger partial charge in [0.25, 0.3) is 0 Å². The molecule has 0 bridgehead atoms. The second kappa shape index (κ2) is 6.54. The summed E-state index contributed by atoms with van der Waals surface area (Å²) in [6.07, 6.45) is 6.91. The maximum atomic E-state index is 14.4. The number of hydrogen-bond donors (Lipinski definition) is 1. The van der Waals surface area contributed by atoms with Gasteiger partial charge in [-0.3, -0.25) is 0 Å². The second-order valence-electron chi connectivity index (χ2n) is 6.03. The van der Waals surface area contributed by atoms with E-state index in [0.717, 1.165) is 12.8 Å². The molecule has 0 saturated heterocycles. The van der Waals surface area contributed by atoms with Crippen LogP contribution >= 0.6 is 15.9 Å². The minimum atomic E-state index is -0.298. The van der Waals surface area contributed by atoms with Crippen molar-refractivity contribution < 1.29 is 4.39 Å². The molecule has 2 rings (SSSR count). The third kappa shape index (κ3) is 2.92. The summed E-state index contributed by atoms with van der Waals surface area (Å²) in [7, 11) is 4.14. The van der Waals surface area contributed by atoms with Crippen LogP contribution in [0.4, 0.5) is 4.39 Å². The van der Waals surface area contributed by atoms with Gasteiger partial charge in [-0.2, -0.15) is 0 Å². The van der Waals surface area contributed by atoms with E-state index in [1.807, 2.05) is 12.1 Å². The zero-order chi connectivity index (χ0) is 14.8. The van der Waals surface area contributed by atoms with Crippen molar-refractivity contribution in [1.29, 1.82) is 0 Å². The Morgan fingerprint density at radius 2 is 1.80 bits per heavy atom. The van der Waals surface area contributed by atoms with Crippen molar-refractivity contribution in [3.05, 3.63) is 34.1 Å². The van der Waals surface area contributed by atoms with E-state index in [1.165, 1.54) is 25.7 Å². The Hall–Kier alpha value is -0.450. The lowest BCUT2D eigenvalue weighted by atomic mass is 9.78. The molecule has 2 N–H and O–H groups in total. The standard InChI is InChI=1S/C16H24BrFN2/c1-20(2)16(10-5-3-4-6-11-16)15(19)12-8-7-9-13(17)14(12)18/h7-9,15H,3-6,10-11,19H2,1-2H3. The predicted molar refractivity (Wildman–Crippen MR) is 85.1 cm³/mol. The van der Waals surface area contributed by atoms with Crippen LogP contribution in [0.3, 0.4) is 0 Å². The van der Waals surface area contributed by atoms with Gasteiger partial charge in [0.15, 0.2) is 0 Å². The van der Waals surface area contributed by atoms with E-state index >= 15 is 0 Å². The average Bonchev–Trinajstić information content (AvgIpc) is 2.68. The molecule has 1 aromatic carbocycles. The van der Waals surface area contributed by atoms with E-state index in [-0.39, 0.29) is 17.4 Å². The highest BCUT2D eigenvalue weighted by Gasteiger charge is 2.40. The minimum Gasteiger partial charge on any atom is -0.322 e. The van der Waals surface area contributed by atoms with Crippen molar-refractivity contribution in [1.82, 2.24) is 4.90 Å². The maximum absolute atomic E-state index is 14.4. The van der Waals surface area contributed by atoms with E-state index in [2.05, 4.69) is 34.9 Å². The fourth-order valence-corrected chi connectivity index (χ4v) is 3.81. The number of nitrogens with two attached hydrogens (primary N) is 1. The summed E-state index contributed by atoms with van der Waals surface area (Å²) in [6.45, 7) is 0. The van der Waals surface area contributed by atoms with E-state index in [1.54, 1.807) is 6.07 Å². The molecular weight excluding hydrogens is 319 g/mol. The first-order valence-corrected chi connectivity index (χ1v) is 8.15. The van der Waals surface area contributed by atoms with Crippen LogP contribution < -0.4 is 5.73 Å². The monoisotopic (exact) mass is 342 g/mol.